The molecule has 0 radical (unpaired) electrons. The Morgan fingerprint density at radius 3 is 2.49 bits per heavy atom. The Kier molecular flexibility index (Phi) is 9.22. The van der Waals surface area contributed by atoms with Gasteiger partial charge in [0.2, 0.25) is 9.84 Å². The van der Waals surface area contributed by atoms with Gasteiger partial charge in [-0.15, -0.1) is 11.8 Å². The van der Waals surface area contributed by atoms with E-state index >= 15 is 0 Å². The zero-order chi connectivity index (χ0) is 25.6. The van der Waals surface area contributed by atoms with Crippen molar-refractivity contribution in [1.82, 2.24) is 9.88 Å². The first kappa shape index (κ1) is 27.5. The lowest BCUT2D eigenvalue weighted by Crippen LogP contribution is -2.45. The normalized spacial score (nSPS) is 18.7. The number of amides is 2. The van der Waals surface area contributed by atoms with E-state index in [1.807, 2.05) is 23.1 Å². The van der Waals surface area contributed by atoms with Crippen LogP contribution in [0.2, 0.25) is 0 Å². The maximum atomic E-state index is 13.3. The predicted molar refractivity (Wildman–Crippen MR) is 140 cm³/mol. The second kappa shape index (κ2) is 11.7. The highest BCUT2D eigenvalue weighted by Crippen LogP contribution is 2.33. The Labute approximate surface area is 215 Å². The molecular formula is C24H33N3O5S3. The summed E-state index contributed by atoms with van der Waals surface area (Å²) in [4.78, 5) is 31.8. The van der Waals surface area contributed by atoms with Gasteiger partial charge in [0.15, 0.2) is 9.88 Å². The summed E-state index contributed by atoms with van der Waals surface area (Å²) in [6.07, 6.45) is 5.94. The average Bonchev–Trinajstić information content (AvgIpc) is 3.29. The van der Waals surface area contributed by atoms with Gasteiger partial charge in [-0.1, -0.05) is 36.5 Å². The summed E-state index contributed by atoms with van der Waals surface area (Å²) in [5.41, 5.74) is 0. The van der Waals surface area contributed by atoms with Crippen molar-refractivity contribution in [1.29, 1.82) is 0 Å². The van der Waals surface area contributed by atoms with Gasteiger partial charge < -0.3 is 10.0 Å². The molecule has 0 spiro atoms. The summed E-state index contributed by atoms with van der Waals surface area (Å²) >= 11 is 2.53. The molecule has 192 valence electrons. The van der Waals surface area contributed by atoms with Gasteiger partial charge in [-0.25, -0.2) is 18.2 Å². The molecule has 1 aromatic carbocycles. The number of nitrogens with one attached hydrogen (secondary N) is 1. The van der Waals surface area contributed by atoms with Gasteiger partial charge in [0.25, 0.3) is 0 Å². The second-order valence-corrected chi connectivity index (χ2v) is 14.3. The zero-order valence-electron chi connectivity index (χ0n) is 20.3. The molecule has 1 aliphatic rings. The number of nitrogens with zero attached hydrogens (tertiary/aromatic N) is 2. The number of carbonyl (C=O) groups is 2. The van der Waals surface area contributed by atoms with E-state index in [9.17, 15) is 23.1 Å². The Hall–Kier alpha value is -2.11. The number of carbonyl (C=O) groups excluding carboxylic acids is 1. The van der Waals surface area contributed by atoms with Crippen molar-refractivity contribution in [2.45, 2.75) is 72.8 Å². The first-order chi connectivity index (χ1) is 16.5. The van der Waals surface area contributed by atoms with Gasteiger partial charge in [0, 0.05) is 17.5 Å². The van der Waals surface area contributed by atoms with E-state index in [0.29, 0.717) is 12.5 Å². The minimum atomic E-state index is -4.15. The van der Waals surface area contributed by atoms with Gasteiger partial charge in [-0.3, -0.25) is 10.1 Å². The molecule has 1 aliphatic carbocycles. The number of aromatic nitrogens is 1. The third kappa shape index (κ3) is 6.77. The number of hydrogen-bond acceptors (Lipinski definition) is 7. The molecular weight excluding hydrogens is 506 g/mol. The van der Waals surface area contributed by atoms with E-state index in [1.54, 1.807) is 11.8 Å². The average molecular weight is 540 g/mol. The lowest BCUT2D eigenvalue weighted by atomic mass is 9.86. The van der Waals surface area contributed by atoms with E-state index in [2.05, 4.69) is 29.4 Å². The molecule has 1 fully saturated rings. The number of carboxylic acid groups (broad SMARTS) is 1. The molecule has 1 heterocycles. The van der Waals surface area contributed by atoms with E-state index in [4.69, 9.17) is 0 Å². The Morgan fingerprint density at radius 2 is 1.86 bits per heavy atom. The van der Waals surface area contributed by atoms with Crippen LogP contribution in [0.25, 0.3) is 0 Å². The van der Waals surface area contributed by atoms with Crippen molar-refractivity contribution in [2.75, 3.05) is 17.6 Å². The minimum Gasteiger partial charge on any atom is -0.480 e. The van der Waals surface area contributed by atoms with E-state index in [0.717, 1.165) is 69.2 Å². The molecule has 0 unspecified atom stereocenters. The number of hydrogen-bond donors (Lipinski definition) is 2. The van der Waals surface area contributed by atoms with Crippen LogP contribution in [0.15, 0.2) is 45.6 Å². The standard InChI is InChI=1S/C24H33N3O5S3/c1-17-10-12-18(13-11-17)27(14-7-15-33-19-8-5-4-6-9-19)23(30)26-22-25-16-20(34-22)35(31,32)24(2,3)21(28)29/h4-6,8-9,16-18H,7,10-15H2,1-3H3,(H,28,29)(H,25,26,30)/t17-,18-. The maximum Gasteiger partial charge on any atom is 0.324 e. The topological polar surface area (TPSA) is 117 Å². The lowest BCUT2D eigenvalue weighted by Gasteiger charge is -2.36. The first-order valence-corrected chi connectivity index (χ1v) is 15.0. The molecule has 8 nitrogen and oxygen atoms in total. The predicted octanol–water partition coefficient (Wildman–Crippen LogP) is 5.38. The summed E-state index contributed by atoms with van der Waals surface area (Å²) in [6.45, 7) is 5.10. The molecule has 1 saturated carbocycles. The van der Waals surface area contributed by atoms with Gasteiger partial charge >= 0.3 is 12.0 Å². The second-order valence-electron chi connectivity index (χ2n) is 9.36. The van der Waals surface area contributed by atoms with Crippen LogP contribution in [-0.4, -0.2) is 58.5 Å². The summed E-state index contributed by atoms with van der Waals surface area (Å²) in [6, 6.07) is 9.95. The van der Waals surface area contributed by atoms with Gasteiger partial charge in [-0.2, -0.15) is 0 Å². The monoisotopic (exact) mass is 539 g/mol. The number of carboxylic acids is 1. The molecule has 0 saturated heterocycles. The van der Waals surface area contributed by atoms with Crippen molar-refractivity contribution in [3.63, 3.8) is 0 Å². The Balaban J connectivity index is 1.67. The number of urea groups is 1. The van der Waals surface area contributed by atoms with Gasteiger partial charge in [-0.05, 0) is 69.8 Å². The van der Waals surface area contributed by atoms with Crippen LogP contribution >= 0.6 is 23.1 Å². The highest BCUT2D eigenvalue weighted by molar-refractivity contribution is 7.99. The molecule has 2 amide bonds. The SMILES string of the molecule is CC(C)(C(=O)O)S(=O)(=O)c1cnc(NC(=O)N(CCCSc2ccccc2)[C@H]2CC[C@H](C)CC2)s1. The molecule has 2 N–H and O–H groups in total. The molecule has 0 bridgehead atoms. The summed E-state index contributed by atoms with van der Waals surface area (Å²) in [5, 5.41) is 12.2. The number of rotatable bonds is 10. The molecule has 1 aromatic heterocycles. The highest BCUT2D eigenvalue weighted by atomic mass is 32.2. The molecule has 0 atom stereocenters. The molecule has 11 heteroatoms. The Morgan fingerprint density at radius 1 is 1.20 bits per heavy atom. The number of sulfone groups is 1. The molecule has 35 heavy (non-hydrogen) atoms. The number of aliphatic carboxylic acids is 1. The van der Waals surface area contributed by atoms with E-state index < -0.39 is 20.6 Å². The number of anilines is 1. The van der Waals surface area contributed by atoms with Crippen molar-refractivity contribution in [3.8, 4) is 0 Å². The molecule has 3 rings (SSSR count). The van der Waals surface area contributed by atoms with Crippen LogP contribution < -0.4 is 5.32 Å². The zero-order valence-corrected chi connectivity index (χ0v) is 22.7. The largest absolute Gasteiger partial charge is 0.480 e. The fourth-order valence-corrected chi connectivity index (χ4v) is 7.54. The third-order valence-electron chi connectivity index (χ3n) is 6.39. The lowest BCUT2D eigenvalue weighted by molar-refractivity contribution is -0.139. The fourth-order valence-electron chi connectivity index (χ4n) is 3.92. The van der Waals surface area contributed by atoms with E-state index in [-0.39, 0.29) is 21.4 Å². The quantitative estimate of drug-likeness (QED) is 0.308. The number of thiazole rings is 1. The summed E-state index contributed by atoms with van der Waals surface area (Å²) in [7, 11) is -4.15. The van der Waals surface area contributed by atoms with Crippen LogP contribution in [-0.2, 0) is 14.6 Å². The Bertz CT molecular complexity index is 1110. The summed E-state index contributed by atoms with van der Waals surface area (Å²) in [5.74, 6) is 0.0811. The van der Waals surface area contributed by atoms with Crippen LogP contribution in [0.4, 0.5) is 9.93 Å². The van der Waals surface area contributed by atoms with Crippen LogP contribution in [0.1, 0.15) is 52.9 Å². The van der Waals surface area contributed by atoms with Gasteiger partial charge in [0.05, 0.1) is 6.20 Å². The first-order valence-electron chi connectivity index (χ1n) is 11.7. The van der Waals surface area contributed by atoms with Crippen LogP contribution in [0, 0.1) is 5.92 Å². The van der Waals surface area contributed by atoms with Crippen molar-refractivity contribution in [2.24, 2.45) is 5.92 Å². The minimum absolute atomic E-state index is 0.127. The fraction of sp³-hybridized carbons (Fsp3) is 0.542. The number of thioether (sulfide) groups is 1. The molecule has 2 aromatic rings. The van der Waals surface area contributed by atoms with Crippen molar-refractivity contribution < 1.29 is 23.1 Å². The maximum absolute atomic E-state index is 13.3. The smallest absolute Gasteiger partial charge is 0.324 e. The van der Waals surface area contributed by atoms with Crippen LogP contribution in [0.3, 0.4) is 0 Å². The third-order valence-corrected chi connectivity index (χ3v) is 11.3. The highest BCUT2D eigenvalue weighted by Gasteiger charge is 2.44. The molecule has 0 aliphatic heterocycles. The van der Waals surface area contributed by atoms with Crippen molar-refractivity contribution >= 4 is 50.1 Å². The van der Waals surface area contributed by atoms with Crippen LogP contribution in [0.5, 0.6) is 0 Å². The number of benzene rings is 1. The van der Waals surface area contributed by atoms with E-state index in [1.165, 1.54) is 4.90 Å². The van der Waals surface area contributed by atoms with Crippen molar-refractivity contribution in [3.05, 3.63) is 36.5 Å². The summed E-state index contributed by atoms with van der Waals surface area (Å²) < 4.78 is 23.3. The van der Waals surface area contributed by atoms with Gasteiger partial charge in [0.1, 0.15) is 4.21 Å².